The molecule has 0 spiro atoms. The van der Waals surface area contributed by atoms with Crippen LogP contribution in [0, 0.1) is 6.92 Å². The van der Waals surface area contributed by atoms with Crippen LogP contribution in [-0.2, 0) is 0 Å². The molecule has 1 aliphatic rings. The minimum Gasteiger partial charge on any atom is -0.368 e. The van der Waals surface area contributed by atoms with E-state index in [1.807, 2.05) is 18.2 Å². The Kier molecular flexibility index (Phi) is 4.72. The van der Waals surface area contributed by atoms with E-state index in [4.69, 9.17) is 16.1 Å². The standard InChI is InChI=1S/C18H17ClN6O2/c1-12-2-3-13(19)10-15(12)24-6-8-25(9-7-24)18(26)17-22-16(23-27-17)14-11-20-4-5-21-14/h2-5,10-11H,6-9H2,1H3. The van der Waals surface area contributed by atoms with Gasteiger partial charge in [-0.1, -0.05) is 22.8 Å². The third kappa shape index (κ3) is 3.61. The van der Waals surface area contributed by atoms with Gasteiger partial charge in [-0.15, -0.1) is 0 Å². The smallest absolute Gasteiger partial charge is 0.316 e. The molecule has 0 unspecified atom stereocenters. The van der Waals surface area contributed by atoms with Crippen molar-refractivity contribution in [2.45, 2.75) is 6.92 Å². The zero-order chi connectivity index (χ0) is 18.8. The number of anilines is 1. The second-order valence-electron chi connectivity index (χ2n) is 6.22. The van der Waals surface area contributed by atoms with E-state index in [9.17, 15) is 4.79 Å². The molecule has 0 aliphatic carbocycles. The van der Waals surface area contributed by atoms with Crippen LogP contribution in [0.2, 0.25) is 5.02 Å². The van der Waals surface area contributed by atoms with Crippen molar-refractivity contribution in [1.82, 2.24) is 25.0 Å². The van der Waals surface area contributed by atoms with Crippen LogP contribution in [-0.4, -0.2) is 57.1 Å². The third-order valence-corrected chi connectivity index (χ3v) is 4.72. The number of aromatic nitrogens is 4. The number of aryl methyl sites for hydroxylation is 1. The Morgan fingerprint density at radius 1 is 1.19 bits per heavy atom. The number of hydrogen-bond acceptors (Lipinski definition) is 7. The topological polar surface area (TPSA) is 88.2 Å². The molecule has 0 atom stereocenters. The van der Waals surface area contributed by atoms with Gasteiger partial charge < -0.3 is 14.3 Å². The average Bonchev–Trinajstić information content (AvgIpc) is 3.20. The van der Waals surface area contributed by atoms with Crippen LogP contribution in [0.25, 0.3) is 11.5 Å². The summed E-state index contributed by atoms with van der Waals surface area (Å²) in [5.41, 5.74) is 2.71. The van der Waals surface area contributed by atoms with Crippen molar-refractivity contribution in [3.63, 3.8) is 0 Å². The molecule has 0 saturated carbocycles. The molecule has 1 saturated heterocycles. The van der Waals surface area contributed by atoms with Crippen molar-refractivity contribution in [3.8, 4) is 11.5 Å². The van der Waals surface area contributed by atoms with Crippen molar-refractivity contribution < 1.29 is 9.32 Å². The quantitative estimate of drug-likeness (QED) is 0.685. The molecular weight excluding hydrogens is 368 g/mol. The molecule has 9 heteroatoms. The summed E-state index contributed by atoms with van der Waals surface area (Å²) in [5.74, 6) is -0.0669. The fourth-order valence-electron chi connectivity index (χ4n) is 3.04. The first kappa shape index (κ1) is 17.4. The summed E-state index contributed by atoms with van der Waals surface area (Å²) in [6.45, 7) is 4.59. The molecule has 4 rings (SSSR count). The zero-order valence-corrected chi connectivity index (χ0v) is 15.4. The molecule has 1 fully saturated rings. The van der Waals surface area contributed by atoms with Gasteiger partial charge in [0.25, 0.3) is 0 Å². The first-order valence-electron chi connectivity index (χ1n) is 8.52. The second-order valence-corrected chi connectivity index (χ2v) is 6.66. The largest absolute Gasteiger partial charge is 0.368 e. The van der Waals surface area contributed by atoms with Crippen LogP contribution in [0.4, 0.5) is 5.69 Å². The van der Waals surface area contributed by atoms with E-state index < -0.39 is 0 Å². The molecule has 0 bridgehead atoms. The van der Waals surface area contributed by atoms with Crippen LogP contribution in [0.15, 0.2) is 41.3 Å². The number of carbonyl (C=O) groups excluding carboxylic acids is 1. The summed E-state index contributed by atoms with van der Waals surface area (Å²) >= 11 is 6.12. The molecule has 1 aliphatic heterocycles. The summed E-state index contributed by atoms with van der Waals surface area (Å²) in [6, 6.07) is 5.84. The van der Waals surface area contributed by atoms with E-state index in [0.29, 0.717) is 36.9 Å². The Labute approximate surface area is 160 Å². The Morgan fingerprint density at radius 2 is 2.00 bits per heavy atom. The molecule has 1 aromatic carbocycles. The number of carbonyl (C=O) groups is 1. The van der Waals surface area contributed by atoms with Crippen LogP contribution in [0.5, 0.6) is 0 Å². The number of rotatable bonds is 3. The fraction of sp³-hybridized carbons (Fsp3) is 0.278. The van der Waals surface area contributed by atoms with E-state index in [2.05, 4.69) is 31.9 Å². The van der Waals surface area contributed by atoms with Gasteiger partial charge in [-0.2, -0.15) is 4.98 Å². The van der Waals surface area contributed by atoms with Gasteiger partial charge in [0.05, 0.1) is 6.20 Å². The van der Waals surface area contributed by atoms with Crippen LogP contribution in [0.3, 0.4) is 0 Å². The van der Waals surface area contributed by atoms with E-state index in [1.165, 1.54) is 12.4 Å². The van der Waals surface area contributed by atoms with Gasteiger partial charge in [-0.3, -0.25) is 9.78 Å². The highest BCUT2D eigenvalue weighted by Crippen LogP contribution is 2.25. The molecule has 3 aromatic rings. The molecule has 138 valence electrons. The summed E-state index contributed by atoms with van der Waals surface area (Å²) in [7, 11) is 0. The second kappa shape index (κ2) is 7.32. The van der Waals surface area contributed by atoms with Gasteiger partial charge in [0.1, 0.15) is 5.69 Å². The van der Waals surface area contributed by atoms with Gasteiger partial charge in [-0.05, 0) is 24.6 Å². The highest BCUT2D eigenvalue weighted by molar-refractivity contribution is 6.30. The Morgan fingerprint density at radius 3 is 2.74 bits per heavy atom. The maximum atomic E-state index is 12.7. The van der Waals surface area contributed by atoms with Gasteiger partial charge in [0, 0.05) is 49.3 Å². The van der Waals surface area contributed by atoms with Crippen molar-refractivity contribution >= 4 is 23.2 Å². The molecule has 3 heterocycles. The lowest BCUT2D eigenvalue weighted by Crippen LogP contribution is -2.49. The monoisotopic (exact) mass is 384 g/mol. The first-order valence-corrected chi connectivity index (χ1v) is 8.90. The fourth-order valence-corrected chi connectivity index (χ4v) is 3.20. The Balaban J connectivity index is 1.43. The van der Waals surface area contributed by atoms with Crippen molar-refractivity contribution in [2.75, 3.05) is 31.1 Å². The number of piperazine rings is 1. The van der Waals surface area contributed by atoms with E-state index in [-0.39, 0.29) is 17.6 Å². The van der Waals surface area contributed by atoms with Crippen LogP contribution in [0.1, 0.15) is 16.2 Å². The van der Waals surface area contributed by atoms with Gasteiger partial charge in [0.15, 0.2) is 0 Å². The van der Waals surface area contributed by atoms with E-state index in [0.717, 1.165) is 11.3 Å². The summed E-state index contributed by atoms with van der Waals surface area (Å²) in [6.07, 6.45) is 4.60. The Bertz CT molecular complexity index is 953. The Hall–Kier alpha value is -3.00. The predicted molar refractivity (Wildman–Crippen MR) is 99.6 cm³/mol. The molecule has 2 aromatic heterocycles. The average molecular weight is 385 g/mol. The van der Waals surface area contributed by atoms with Crippen molar-refractivity contribution in [1.29, 1.82) is 0 Å². The lowest BCUT2D eigenvalue weighted by Gasteiger charge is -2.36. The summed E-state index contributed by atoms with van der Waals surface area (Å²) < 4.78 is 5.13. The first-order chi connectivity index (χ1) is 13.1. The maximum absolute atomic E-state index is 12.7. The lowest BCUT2D eigenvalue weighted by molar-refractivity contribution is 0.0696. The van der Waals surface area contributed by atoms with Gasteiger partial charge >= 0.3 is 11.8 Å². The van der Waals surface area contributed by atoms with Crippen LogP contribution < -0.4 is 4.90 Å². The van der Waals surface area contributed by atoms with E-state index >= 15 is 0 Å². The van der Waals surface area contributed by atoms with Crippen LogP contribution >= 0.6 is 11.6 Å². The highest BCUT2D eigenvalue weighted by Gasteiger charge is 2.27. The number of nitrogens with zero attached hydrogens (tertiary/aromatic N) is 6. The van der Waals surface area contributed by atoms with Crippen molar-refractivity contribution in [3.05, 3.63) is 53.3 Å². The molecule has 0 N–H and O–H groups in total. The van der Waals surface area contributed by atoms with Crippen molar-refractivity contribution in [2.24, 2.45) is 0 Å². The molecule has 1 amide bonds. The summed E-state index contributed by atoms with van der Waals surface area (Å²) in [4.78, 5) is 28.8. The lowest BCUT2D eigenvalue weighted by atomic mass is 10.1. The number of hydrogen-bond donors (Lipinski definition) is 0. The third-order valence-electron chi connectivity index (χ3n) is 4.48. The SMILES string of the molecule is Cc1ccc(Cl)cc1N1CCN(C(=O)c2nc(-c3cnccn3)no2)CC1. The van der Waals surface area contributed by atoms with Gasteiger partial charge in [-0.25, -0.2) is 4.98 Å². The zero-order valence-electron chi connectivity index (χ0n) is 14.7. The maximum Gasteiger partial charge on any atom is 0.316 e. The minimum atomic E-state index is -0.278. The predicted octanol–water partition coefficient (Wildman–Crippen LogP) is 2.45. The van der Waals surface area contributed by atoms with E-state index in [1.54, 1.807) is 11.1 Å². The molecule has 27 heavy (non-hydrogen) atoms. The van der Waals surface area contributed by atoms with Gasteiger partial charge in [0.2, 0.25) is 5.82 Å². The molecule has 8 nitrogen and oxygen atoms in total. The molecular formula is C18H17ClN6O2. The highest BCUT2D eigenvalue weighted by atomic mass is 35.5. The summed E-state index contributed by atoms with van der Waals surface area (Å²) in [5, 5.41) is 4.53. The number of halogens is 1. The number of amides is 1. The number of benzene rings is 1. The normalized spacial score (nSPS) is 14.4. The molecule has 0 radical (unpaired) electrons. The minimum absolute atomic E-state index is 0.0389.